The van der Waals surface area contributed by atoms with Crippen LogP contribution in [0, 0.1) is 11.8 Å². The van der Waals surface area contributed by atoms with Gasteiger partial charge in [-0.15, -0.1) is 0 Å². The van der Waals surface area contributed by atoms with Crippen LogP contribution in [0.2, 0.25) is 0 Å². The second-order valence-corrected chi connectivity index (χ2v) is 7.09. The van der Waals surface area contributed by atoms with E-state index in [0.29, 0.717) is 6.54 Å². The first-order valence-corrected chi connectivity index (χ1v) is 9.81. The van der Waals surface area contributed by atoms with Crippen LogP contribution < -0.4 is 5.32 Å². The molecule has 144 valence electrons. The topological polar surface area (TPSA) is 37.2 Å². The van der Waals surface area contributed by atoms with Gasteiger partial charge in [-0.1, -0.05) is 60.4 Å². The van der Waals surface area contributed by atoms with E-state index in [1.54, 1.807) is 0 Å². The van der Waals surface area contributed by atoms with Crippen LogP contribution in [0.4, 0.5) is 0 Å². The number of benzene rings is 3. The Balaban J connectivity index is 1.71. The highest BCUT2D eigenvalue weighted by Gasteiger charge is 2.23. The fraction of sp³-hybridized carbons (Fsp3) is 0.154. The molecule has 0 aliphatic heterocycles. The number of aliphatic hydroxyl groups is 1. The number of aromatic nitrogens is 1. The van der Waals surface area contributed by atoms with Crippen LogP contribution >= 0.6 is 0 Å². The standard InChI is InChI=1S/C26H24N2O/c1-27-19-25(29)26(22-10-6-3-7-11-22)28-17-16-23-18-21(14-15-24(23)28)13-12-20-8-4-2-5-9-20/h2-11,14-18,25-27,29H,19H2,1H3/t25-,26+/m1/s1. The van der Waals surface area contributed by atoms with Crippen LogP contribution in [0.3, 0.4) is 0 Å². The molecule has 1 heterocycles. The molecule has 0 amide bonds. The molecule has 0 radical (unpaired) electrons. The van der Waals surface area contributed by atoms with Crippen molar-refractivity contribution in [3.8, 4) is 11.8 Å². The summed E-state index contributed by atoms with van der Waals surface area (Å²) in [5, 5.41) is 15.1. The maximum Gasteiger partial charge on any atom is 0.0912 e. The maximum atomic E-state index is 10.9. The molecule has 0 unspecified atom stereocenters. The molecular formula is C26H24N2O. The van der Waals surface area contributed by atoms with E-state index in [4.69, 9.17) is 0 Å². The Hall–Kier alpha value is -3.32. The number of nitrogens with one attached hydrogen (secondary N) is 1. The van der Waals surface area contributed by atoms with Crippen molar-refractivity contribution < 1.29 is 5.11 Å². The van der Waals surface area contributed by atoms with Gasteiger partial charge in [-0.25, -0.2) is 0 Å². The molecule has 4 aromatic rings. The average Bonchev–Trinajstić information content (AvgIpc) is 3.17. The molecule has 29 heavy (non-hydrogen) atoms. The predicted octanol–water partition coefficient (Wildman–Crippen LogP) is 4.21. The summed E-state index contributed by atoms with van der Waals surface area (Å²) in [7, 11) is 1.86. The van der Waals surface area contributed by atoms with Gasteiger partial charge in [-0.05, 0) is 49.0 Å². The summed E-state index contributed by atoms with van der Waals surface area (Å²) in [6, 6.07) is 28.3. The number of likely N-dealkylation sites (N-methyl/N-ethyl adjacent to an activating group) is 1. The van der Waals surface area contributed by atoms with Gasteiger partial charge < -0.3 is 15.0 Å². The Bertz CT molecular complexity index is 1140. The van der Waals surface area contributed by atoms with Crippen molar-refractivity contribution >= 4 is 10.9 Å². The molecule has 0 spiro atoms. The molecule has 2 atom stereocenters. The van der Waals surface area contributed by atoms with E-state index in [2.05, 4.69) is 58.3 Å². The Labute approximate surface area is 171 Å². The zero-order valence-electron chi connectivity index (χ0n) is 16.4. The van der Waals surface area contributed by atoms with Crippen LogP contribution in [0.25, 0.3) is 10.9 Å². The van der Waals surface area contributed by atoms with E-state index in [1.807, 2.05) is 61.6 Å². The third-order valence-electron chi connectivity index (χ3n) is 5.06. The van der Waals surface area contributed by atoms with Gasteiger partial charge >= 0.3 is 0 Å². The fourth-order valence-electron chi connectivity index (χ4n) is 3.69. The molecule has 0 saturated carbocycles. The first-order valence-electron chi connectivity index (χ1n) is 9.81. The van der Waals surface area contributed by atoms with E-state index in [1.165, 1.54) is 0 Å². The first kappa shape index (κ1) is 19.0. The molecular weight excluding hydrogens is 356 g/mol. The quantitative estimate of drug-likeness (QED) is 0.509. The lowest BCUT2D eigenvalue weighted by Crippen LogP contribution is -2.33. The molecule has 0 aliphatic rings. The summed E-state index contributed by atoms with van der Waals surface area (Å²) < 4.78 is 2.15. The second kappa shape index (κ2) is 8.79. The summed E-state index contributed by atoms with van der Waals surface area (Å²) in [6.45, 7) is 0.514. The van der Waals surface area contributed by atoms with Crippen molar-refractivity contribution in [2.24, 2.45) is 0 Å². The third kappa shape index (κ3) is 4.25. The Kier molecular flexibility index (Phi) is 5.76. The normalized spacial score (nSPS) is 12.9. The Morgan fingerprint density at radius 3 is 2.28 bits per heavy atom. The highest BCUT2D eigenvalue weighted by molar-refractivity contribution is 5.82. The van der Waals surface area contributed by atoms with E-state index >= 15 is 0 Å². The van der Waals surface area contributed by atoms with Crippen molar-refractivity contribution in [1.82, 2.24) is 9.88 Å². The Morgan fingerprint density at radius 1 is 0.862 bits per heavy atom. The van der Waals surface area contributed by atoms with Gasteiger partial charge in [0.1, 0.15) is 0 Å². The molecule has 1 aromatic heterocycles. The predicted molar refractivity (Wildman–Crippen MR) is 119 cm³/mol. The van der Waals surface area contributed by atoms with Crippen molar-refractivity contribution in [2.45, 2.75) is 12.1 Å². The van der Waals surface area contributed by atoms with Crippen LogP contribution in [-0.4, -0.2) is 29.4 Å². The van der Waals surface area contributed by atoms with Crippen LogP contribution in [-0.2, 0) is 0 Å². The SMILES string of the molecule is CNC[C@@H](O)[C@H](c1ccccc1)n1ccc2cc(C#Cc3ccccc3)ccc21. The van der Waals surface area contributed by atoms with Crippen molar-refractivity contribution in [1.29, 1.82) is 0 Å². The monoisotopic (exact) mass is 380 g/mol. The minimum Gasteiger partial charge on any atom is -0.389 e. The van der Waals surface area contributed by atoms with E-state index in [0.717, 1.165) is 27.6 Å². The van der Waals surface area contributed by atoms with Crippen molar-refractivity contribution in [3.05, 3.63) is 108 Å². The lowest BCUT2D eigenvalue weighted by molar-refractivity contribution is 0.132. The summed E-state index contributed by atoms with van der Waals surface area (Å²) in [5.74, 6) is 6.46. The summed E-state index contributed by atoms with van der Waals surface area (Å²) in [6.07, 6.45) is 1.51. The number of hydrogen-bond acceptors (Lipinski definition) is 2. The van der Waals surface area contributed by atoms with Crippen LogP contribution in [0.1, 0.15) is 22.7 Å². The minimum absolute atomic E-state index is 0.164. The van der Waals surface area contributed by atoms with Gasteiger partial charge in [0.05, 0.1) is 12.1 Å². The van der Waals surface area contributed by atoms with E-state index in [9.17, 15) is 5.11 Å². The van der Waals surface area contributed by atoms with Crippen LogP contribution in [0.5, 0.6) is 0 Å². The molecule has 2 N–H and O–H groups in total. The number of fused-ring (bicyclic) bond motifs is 1. The number of nitrogens with zero attached hydrogens (tertiary/aromatic N) is 1. The Morgan fingerprint density at radius 2 is 1.55 bits per heavy atom. The minimum atomic E-state index is -0.546. The van der Waals surface area contributed by atoms with Crippen molar-refractivity contribution in [3.63, 3.8) is 0 Å². The smallest absolute Gasteiger partial charge is 0.0912 e. The number of aliphatic hydroxyl groups excluding tert-OH is 1. The average molecular weight is 380 g/mol. The van der Waals surface area contributed by atoms with Gasteiger partial charge in [0.15, 0.2) is 0 Å². The number of hydrogen-bond donors (Lipinski definition) is 2. The fourth-order valence-corrected chi connectivity index (χ4v) is 3.69. The van der Waals surface area contributed by atoms with Gasteiger partial charge in [0.25, 0.3) is 0 Å². The first-order chi connectivity index (χ1) is 14.3. The van der Waals surface area contributed by atoms with Gasteiger partial charge in [-0.3, -0.25) is 0 Å². The summed E-state index contributed by atoms with van der Waals surface area (Å²) in [5.41, 5.74) is 4.15. The lowest BCUT2D eigenvalue weighted by atomic mass is 10.0. The van der Waals surface area contributed by atoms with Gasteiger partial charge in [-0.2, -0.15) is 0 Å². The van der Waals surface area contributed by atoms with Crippen molar-refractivity contribution in [2.75, 3.05) is 13.6 Å². The molecule has 0 aliphatic carbocycles. The lowest BCUT2D eigenvalue weighted by Gasteiger charge is -2.26. The third-order valence-corrected chi connectivity index (χ3v) is 5.06. The molecule has 3 nitrogen and oxygen atoms in total. The largest absolute Gasteiger partial charge is 0.389 e. The molecule has 0 fully saturated rings. The van der Waals surface area contributed by atoms with E-state index in [-0.39, 0.29) is 6.04 Å². The molecule has 4 rings (SSSR count). The molecule has 0 saturated heterocycles. The highest BCUT2D eigenvalue weighted by atomic mass is 16.3. The highest BCUT2D eigenvalue weighted by Crippen LogP contribution is 2.28. The van der Waals surface area contributed by atoms with Crippen LogP contribution in [0.15, 0.2) is 91.1 Å². The second-order valence-electron chi connectivity index (χ2n) is 7.09. The molecule has 3 heteroatoms. The zero-order valence-corrected chi connectivity index (χ0v) is 16.4. The zero-order chi connectivity index (χ0) is 20.1. The summed E-state index contributed by atoms with van der Waals surface area (Å²) >= 11 is 0. The summed E-state index contributed by atoms with van der Waals surface area (Å²) in [4.78, 5) is 0. The van der Waals surface area contributed by atoms with Gasteiger partial charge in [0, 0.05) is 34.8 Å². The maximum absolute atomic E-state index is 10.9. The van der Waals surface area contributed by atoms with Gasteiger partial charge in [0.2, 0.25) is 0 Å². The van der Waals surface area contributed by atoms with E-state index < -0.39 is 6.10 Å². The molecule has 3 aromatic carbocycles. The number of rotatable bonds is 5. The molecule has 0 bridgehead atoms.